The van der Waals surface area contributed by atoms with Gasteiger partial charge in [-0.1, -0.05) is 109 Å². The molecule has 42 heavy (non-hydrogen) atoms. The molecule has 0 atom stereocenters. The highest BCUT2D eigenvalue weighted by molar-refractivity contribution is 7.25. The fourth-order valence-corrected chi connectivity index (χ4v) is 7.55. The van der Waals surface area contributed by atoms with Crippen molar-refractivity contribution in [2.45, 2.75) is 0 Å². The van der Waals surface area contributed by atoms with Crippen molar-refractivity contribution in [1.29, 1.82) is 0 Å². The van der Waals surface area contributed by atoms with Crippen molar-refractivity contribution < 1.29 is 6.85 Å². The maximum Gasteiger partial charge on any atom is 0.146 e. The molecule has 0 N–H and O–H groups in total. The highest BCUT2D eigenvalue weighted by Crippen LogP contribution is 2.48. The summed E-state index contributed by atoms with van der Waals surface area (Å²) in [5.41, 5.74) is 4.52. The maximum absolute atomic E-state index is 8.93. The van der Waals surface area contributed by atoms with Crippen LogP contribution in [0.15, 0.2) is 145 Å². The molecule has 2 heterocycles. The number of hydrogen-bond acceptors (Lipinski definition) is 2. The third-order valence-electron chi connectivity index (χ3n) is 8.10. The van der Waals surface area contributed by atoms with Gasteiger partial charge in [0.15, 0.2) is 0 Å². The molecule has 0 saturated heterocycles. The fourth-order valence-electron chi connectivity index (χ4n) is 6.42. The molecule has 0 unspecified atom stereocenters. The van der Waals surface area contributed by atoms with E-state index in [4.69, 9.17) is 11.8 Å². The lowest BCUT2D eigenvalue weighted by atomic mass is 9.86. The van der Waals surface area contributed by atoms with Crippen LogP contribution in [0.4, 0.5) is 0 Å². The number of aromatic nitrogens is 2. The lowest BCUT2D eigenvalue weighted by Crippen LogP contribution is -1.99. The first-order chi connectivity index (χ1) is 22.9. The van der Waals surface area contributed by atoms with E-state index < -0.39 is 6.04 Å². The van der Waals surface area contributed by atoms with Gasteiger partial charge in [0.1, 0.15) is 5.82 Å². The minimum Gasteiger partial charge on any atom is -0.292 e. The van der Waals surface area contributed by atoms with Gasteiger partial charge < -0.3 is 0 Å². The zero-order chi connectivity index (χ0) is 32.0. The van der Waals surface area contributed by atoms with Gasteiger partial charge in [0, 0.05) is 31.4 Å². The number of thiophene rings is 1. The number of nitrogens with zero attached hydrogens (tertiary/aromatic N) is 2. The lowest BCUT2D eigenvalue weighted by molar-refractivity contribution is 1.11. The molecule has 0 aliphatic carbocycles. The second-order valence-corrected chi connectivity index (χ2v) is 11.4. The molecular formula is C39H24N2S. The van der Waals surface area contributed by atoms with E-state index >= 15 is 0 Å². The Morgan fingerprint density at radius 3 is 1.88 bits per heavy atom. The number of rotatable bonds is 3. The number of hydrogen-bond donors (Lipinski definition) is 0. The van der Waals surface area contributed by atoms with Gasteiger partial charge in [-0.2, -0.15) is 0 Å². The predicted octanol–water partition coefficient (Wildman–Crippen LogP) is 11.0. The molecule has 9 aromatic rings. The Bertz CT molecular complexity index is 2680. The maximum atomic E-state index is 8.93. The number of para-hydroxylation sites is 3. The van der Waals surface area contributed by atoms with Crippen LogP contribution in [0.3, 0.4) is 0 Å². The van der Waals surface area contributed by atoms with E-state index in [0.29, 0.717) is 16.9 Å². The molecule has 0 amide bonds. The molecule has 0 aliphatic rings. The van der Waals surface area contributed by atoms with Gasteiger partial charge in [0.05, 0.1) is 17.9 Å². The minimum absolute atomic E-state index is 0.0754. The van der Waals surface area contributed by atoms with E-state index in [0.717, 1.165) is 38.2 Å². The van der Waals surface area contributed by atoms with Crippen LogP contribution in [-0.4, -0.2) is 9.55 Å². The summed E-state index contributed by atoms with van der Waals surface area (Å²) in [5.74, 6) is 0.517. The van der Waals surface area contributed by atoms with Crippen molar-refractivity contribution in [2.24, 2.45) is 0 Å². The zero-order valence-corrected chi connectivity index (χ0v) is 23.1. The molecule has 0 bridgehead atoms. The number of fused-ring (bicyclic) bond motifs is 6. The van der Waals surface area contributed by atoms with Crippen molar-refractivity contribution in [3.05, 3.63) is 145 Å². The zero-order valence-electron chi connectivity index (χ0n) is 27.3. The highest BCUT2D eigenvalue weighted by Gasteiger charge is 2.23. The molecule has 0 saturated carbocycles. The molecular weight excluding hydrogens is 529 g/mol. The van der Waals surface area contributed by atoms with Crippen LogP contribution < -0.4 is 0 Å². The largest absolute Gasteiger partial charge is 0.292 e. The predicted molar refractivity (Wildman–Crippen MR) is 180 cm³/mol. The molecule has 0 aliphatic heterocycles. The summed E-state index contributed by atoms with van der Waals surface area (Å²) in [6.45, 7) is 0. The Hall–Kier alpha value is -5.25. The minimum atomic E-state index is -0.426. The van der Waals surface area contributed by atoms with Crippen LogP contribution in [0.2, 0.25) is 0 Å². The Labute approximate surface area is 253 Å². The van der Waals surface area contributed by atoms with Gasteiger partial charge in [-0.15, -0.1) is 11.3 Å². The summed E-state index contributed by atoms with van der Waals surface area (Å²) in [4.78, 5) is 5.14. The third-order valence-corrected chi connectivity index (χ3v) is 9.23. The molecule has 7 aromatic carbocycles. The molecule has 3 heteroatoms. The topological polar surface area (TPSA) is 17.8 Å². The van der Waals surface area contributed by atoms with Gasteiger partial charge in [-0.05, 0) is 69.0 Å². The summed E-state index contributed by atoms with van der Waals surface area (Å²) in [7, 11) is 0. The summed E-state index contributed by atoms with van der Waals surface area (Å²) in [6.07, 6.45) is 0. The first-order valence-corrected chi connectivity index (χ1v) is 14.6. The SMILES string of the molecule is [2H]c1c([2H])c([2H])c(-n2c(-c3c4ccccc4c(-c4cccc5sc6ccccc6c45)c4ccccc34)nc3ccccc32)c([2H])c1[2H]. The van der Waals surface area contributed by atoms with E-state index in [-0.39, 0.29) is 29.9 Å². The van der Waals surface area contributed by atoms with E-state index in [1.807, 2.05) is 36.4 Å². The molecule has 2 nitrogen and oxygen atoms in total. The van der Waals surface area contributed by atoms with Gasteiger partial charge in [-0.3, -0.25) is 4.57 Å². The van der Waals surface area contributed by atoms with E-state index in [2.05, 4.69) is 78.9 Å². The Balaban J connectivity index is 1.47. The number of imidazole rings is 1. The van der Waals surface area contributed by atoms with Crippen molar-refractivity contribution in [2.75, 3.05) is 0 Å². The smallest absolute Gasteiger partial charge is 0.146 e. The van der Waals surface area contributed by atoms with E-state index in [1.54, 1.807) is 15.9 Å². The second kappa shape index (κ2) is 9.13. The third kappa shape index (κ3) is 3.35. The van der Waals surface area contributed by atoms with E-state index in [9.17, 15) is 0 Å². The lowest BCUT2D eigenvalue weighted by Gasteiger charge is -2.19. The van der Waals surface area contributed by atoms with Gasteiger partial charge in [0.25, 0.3) is 0 Å². The van der Waals surface area contributed by atoms with Crippen molar-refractivity contribution in [3.63, 3.8) is 0 Å². The second-order valence-electron chi connectivity index (χ2n) is 10.4. The Morgan fingerprint density at radius 1 is 0.548 bits per heavy atom. The summed E-state index contributed by atoms with van der Waals surface area (Å²) in [6, 6.07) is 37.5. The average molecular weight is 558 g/mol. The molecule has 196 valence electrons. The Morgan fingerprint density at radius 2 is 1.14 bits per heavy atom. The van der Waals surface area contributed by atoms with Gasteiger partial charge in [0.2, 0.25) is 0 Å². The highest BCUT2D eigenvalue weighted by atomic mass is 32.1. The van der Waals surface area contributed by atoms with Gasteiger partial charge >= 0.3 is 0 Å². The van der Waals surface area contributed by atoms with Crippen LogP contribution in [0.25, 0.3) is 81.0 Å². The molecule has 0 radical (unpaired) electrons. The van der Waals surface area contributed by atoms with Crippen LogP contribution in [-0.2, 0) is 0 Å². The quantitative estimate of drug-likeness (QED) is 0.198. The fraction of sp³-hybridized carbons (Fsp3) is 0. The van der Waals surface area contributed by atoms with Crippen LogP contribution in [0, 0.1) is 0 Å². The van der Waals surface area contributed by atoms with Crippen LogP contribution >= 0.6 is 11.3 Å². The first-order valence-electron chi connectivity index (χ1n) is 16.3. The summed E-state index contributed by atoms with van der Waals surface area (Å²) in [5, 5.41) is 6.46. The molecule has 0 fully saturated rings. The summed E-state index contributed by atoms with van der Waals surface area (Å²) >= 11 is 1.80. The van der Waals surface area contributed by atoms with Gasteiger partial charge in [-0.25, -0.2) is 4.98 Å². The van der Waals surface area contributed by atoms with Crippen LogP contribution in [0.1, 0.15) is 6.85 Å². The van der Waals surface area contributed by atoms with E-state index in [1.165, 1.54) is 20.2 Å². The Kier molecular flexibility index (Phi) is 4.13. The molecule has 2 aromatic heterocycles. The molecule has 0 spiro atoms. The average Bonchev–Trinajstić information content (AvgIpc) is 3.68. The van der Waals surface area contributed by atoms with Crippen molar-refractivity contribution in [3.8, 4) is 28.2 Å². The van der Waals surface area contributed by atoms with Crippen molar-refractivity contribution in [1.82, 2.24) is 9.55 Å². The first kappa shape index (κ1) is 19.0. The number of benzene rings is 7. The van der Waals surface area contributed by atoms with Crippen molar-refractivity contribution >= 4 is 64.1 Å². The summed E-state index contributed by atoms with van der Waals surface area (Å²) < 4.78 is 47.3. The molecule has 9 rings (SSSR count). The normalized spacial score (nSPS) is 13.5. The standard InChI is InChI=1S/C39H24N2S/c1-2-13-25(14-3-1)41-33-22-10-9-21-32(33)40-39(41)38-28-17-6-4-15-26(28)36(27-16-5-7-18-29(27)38)31-20-12-24-35-37(31)30-19-8-11-23-34(30)42-35/h1-24H/i1D,2D,3D,13D,14D. The van der Waals surface area contributed by atoms with Crippen LogP contribution in [0.5, 0.6) is 0 Å². The monoisotopic (exact) mass is 557 g/mol.